The lowest BCUT2D eigenvalue weighted by Gasteiger charge is -2.12. The summed E-state index contributed by atoms with van der Waals surface area (Å²) in [6.45, 7) is -1.05. The molecule has 16 heavy (non-hydrogen) atoms. The fourth-order valence-corrected chi connectivity index (χ4v) is 1.42. The van der Waals surface area contributed by atoms with Crippen LogP contribution in [0.25, 0.3) is 0 Å². The highest BCUT2D eigenvalue weighted by atomic mass is 17.0. The zero-order valence-corrected chi connectivity index (χ0v) is 7.90. The zero-order chi connectivity index (χ0) is 12.3. The Balaban J connectivity index is 2.54. The summed E-state index contributed by atoms with van der Waals surface area (Å²) < 4.78 is 0. The first-order valence-corrected chi connectivity index (χ1v) is 4.15. The van der Waals surface area contributed by atoms with Crippen LogP contribution < -0.4 is 0 Å². The molecule has 0 bridgehead atoms. The van der Waals surface area contributed by atoms with E-state index in [-0.39, 0.29) is 6.42 Å². The molecule has 1 N–H and O–H groups in total. The van der Waals surface area contributed by atoms with Gasteiger partial charge in [-0.2, -0.15) is 0 Å². The van der Waals surface area contributed by atoms with E-state index >= 15 is 0 Å². The summed E-state index contributed by atoms with van der Waals surface area (Å²) in [4.78, 5) is 38.6. The SMILES string of the molecule is O=C(O)C1CC1(CO[N+](=O)[O-])CO[N+](=O)[O-]. The largest absolute Gasteiger partial charge is 0.481 e. The predicted molar refractivity (Wildman–Crippen MR) is 44.1 cm³/mol. The highest BCUT2D eigenvalue weighted by Crippen LogP contribution is 2.53. The van der Waals surface area contributed by atoms with E-state index < -0.39 is 40.7 Å². The molecule has 1 saturated carbocycles. The minimum Gasteiger partial charge on any atom is -0.481 e. The Hall–Kier alpha value is -2.13. The third-order valence-corrected chi connectivity index (χ3v) is 2.40. The number of hydrogen-bond donors (Lipinski definition) is 1. The maximum absolute atomic E-state index is 10.6. The van der Waals surface area contributed by atoms with Gasteiger partial charge in [0.25, 0.3) is 10.2 Å². The Labute approximate surface area is 88.0 Å². The number of carboxylic acids is 1. The maximum Gasteiger partial charge on any atom is 0.307 e. The highest BCUT2D eigenvalue weighted by molar-refractivity contribution is 5.74. The fraction of sp³-hybridized carbons (Fsp3) is 0.833. The number of carbonyl (C=O) groups is 1. The summed E-state index contributed by atoms with van der Waals surface area (Å²) in [5, 5.41) is 26.4. The van der Waals surface area contributed by atoms with Crippen molar-refractivity contribution in [2.75, 3.05) is 13.2 Å². The molecule has 0 saturated heterocycles. The smallest absolute Gasteiger partial charge is 0.307 e. The van der Waals surface area contributed by atoms with E-state index in [1.54, 1.807) is 0 Å². The number of nitrogens with zero attached hydrogens (tertiary/aromatic N) is 2. The quantitative estimate of drug-likeness (QED) is 0.460. The standard InChI is InChI=1S/C6H8N2O8/c9-5(10)4-1-6(4,2-15-7(11)12)3-16-8(13)14/h4H,1-3H2,(H,9,10). The van der Waals surface area contributed by atoms with Crippen LogP contribution in [0.1, 0.15) is 6.42 Å². The Bertz CT molecular complexity index is 310. The van der Waals surface area contributed by atoms with Crippen molar-refractivity contribution in [1.29, 1.82) is 0 Å². The molecule has 1 unspecified atom stereocenters. The predicted octanol–water partition coefficient (Wildman–Crippen LogP) is -0.506. The van der Waals surface area contributed by atoms with Gasteiger partial charge in [0, 0.05) is 5.41 Å². The molecule has 0 aromatic carbocycles. The van der Waals surface area contributed by atoms with Gasteiger partial charge in [0.05, 0.1) is 5.92 Å². The van der Waals surface area contributed by atoms with E-state index in [9.17, 15) is 25.0 Å². The molecule has 0 spiro atoms. The summed E-state index contributed by atoms with van der Waals surface area (Å²) >= 11 is 0. The summed E-state index contributed by atoms with van der Waals surface area (Å²) in [6.07, 6.45) is 0.0595. The number of carboxylic acid groups (broad SMARTS) is 1. The Morgan fingerprint density at radius 1 is 1.31 bits per heavy atom. The van der Waals surface area contributed by atoms with Crippen LogP contribution in [0, 0.1) is 31.6 Å². The van der Waals surface area contributed by atoms with Gasteiger partial charge in [-0.15, -0.1) is 20.2 Å². The molecule has 1 aliphatic carbocycles. The molecule has 1 fully saturated rings. The molecular weight excluding hydrogens is 228 g/mol. The third kappa shape index (κ3) is 2.68. The van der Waals surface area contributed by atoms with E-state index in [1.807, 2.05) is 0 Å². The van der Waals surface area contributed by atoms with Gasteiger partial charge in [0.1, 0.15) is 13.2 Å². The molecule has 1 rings (SSSR count). The van der Waals surface area contributed by atoms with Crippen molar-refractivity contribution in [2.24, 2.45) is 11.3 Å². The van der Waals surface area contributed by atoms with Crippen LogP contribution in [0.2, 0.25) is 0 Å². The molecular formula is C6H8N2O8. The molecule has 10 heteroatoms. The minimum absolute atomic E-state index is 0.0595. The monoisotopic (exact) mass is 236 g/mol. The first-order valence-electron chi connectivity index (χ1n) is 4.15. The molecule has 0 aromatic heterocycles. The normalized spacial score (nSPS) is 20.9. The van der Waals surface area contributed by atoms with Gasteiger partial charge < -0.3 is 14.8 Å². The van der Waals surface area contributed by atoms with Crippen LogP contribution in [0.3, 0.4) is 0 Å². The molecule has 0 radical (unpaired) electrons. The van der Waals surface area contributed by atoms with Crippen LogP contribution >= 0.6 is 0 Å². The van der Waals surface area contributed by atoms with Gasteiger partial charge in [-0.1, -0.05) is 0 Å². The minimum atomic E-state index is -1.18. The fourth-order valence-electron chi connectivity index (χ4n) is 1.42. The first kappa shape index (κ1) is 11.9. The molecule has 90 valence electrons. The average Bonchev–Trinajstić information content (AvgIpc) is 2.87. The Kier molecular flexibility index (Phi) is 3.11. The Morgan fingerprint density at radius 3 is 2.00 bits per heavy atom. The second kappa shape index (κ2) is 4.16. The van der Waals surface area contributed by atoms with Crippen molar-refractivity contribution in [1.82, 2.24) is 0 Å². The molecule has 10 nitrogen and oxygen atoms in total. The van der Waals surface area contributed by atoms with Crippen LogP contribution in [0.5, 0.6) is 0 Å². The highest BCUT2D eigenvalue weighted by Gasteiger charge is 2.60. The van der Waals surface area contributed by atoms with Crippen molar-refractivity contribution in [3.63, 3.8) is 0 Å². The van der Waals surface area contributed by atoms with Crippen LogP contribution in [-0.4, -0.2) is 34.5 Å². The van der Waals surface area contributed by atoms with E-state index in [2.05, 4.69) is 9.68 Å². The van der Waals surface area contributed by atoms with Gasteiger partial charge in [-0.25, -0.2) is 0 Å². The number of rotatable bonds is 7. The lowest BCUT2D eigenvalue weighted by Crippen LogP contribution is -2.25. The summed E-state index contributed by atoms with van der Waals surface area (Å²) in [7, 11) is 0. The molecule has 0 aliphatic heterocycles. The third-order valence-electron chi connectivity index (χ3n) is 2.40. The zero-order valence-electron chi connectivity index (χ0n) is 7.90. The van der Waals surface area contributed by atoms with Crippen LogP contribution in [0.15, 0.2) is 0 Å². The maximum atomic E-state index is 10.6. The van der Waals surface area contributed by atoms with Crippen molar-refractivity contribution in [2.45, 2.75) is 6.42 Å². The van der Waals surface area contributed by atoms with Gasteiger partial charge >= 0.3 is 5.97 Å². The first-order chi connectivity index (χ1) is 7.37. The summed E-state index contributed by atoms with van der Waals surface area (Å²) in [5.41, 5.74) is -1.17. The topological polar surface area (TPSA) is 142 Å². The van der Waals surface area contributed by atoms with E-state index in [1.165, 1.54) is 0 Å². The lowest BCUT2D eigenvalue weighted by molar-refractivity contribution is -0.770. The van der Waals surface area contributed by atoms with Gasteiger partial charge in [-0.3, -0.25) is 4.79 Å². The lowest BCUT2D eigenvalue weighted by atomic mass is 10.1. The molecule has 0 heterocycles. The summed E-state index contributed by atoms with van der Waals surface area (Å²) in [6, 6.07) is 0. The number of hydrogen-bond acceptors (Lipinski definition) is 7. The van der Waals surface area contributed by atoms with Crippen molar-refractivity contribution in [3.05, 3.63) is 20.2 Å². The average molecular weight is 236 g/mol. The van der Waals surface area contributed by atoms with Crippen molar-refractivity contribution in [3.8, 4) is 0 Å². The van der Waals surface area contributed by atoms with Crippen LogP contribution in [0.4, 0.5) is 0 Å². The molecule has 1 atom stereocenters. The van der Waals surface area contributed by atoms with Gasteiger partial charge in [0.15, 0.2) is 0 Å². The van der Waals surface area contributed by atoms with E-state index in [0.717, 1.165) is 0 Å². The van der Waals surface area contributed by atoms with Gasteiger partial charge in [-0.05, 0) is 6.42 Å². The second-order valence-corrected chi connectivity index (χ2v) is 3.45. The van der Waals surface area contributed by atoms with Crippen LogP contribution in [-0.2, 0) is 14.5 Å². The van der Waals surface area contributed by atoms with Crippen molar-refractivity contribution >= 4 is 5.97 Å². The molecule has 1 aliphatic rings. The second-order valence-electron chi connectivity index (χ2n) is 3.45. The summed E-state index contributed by atoms with van der Waals surface area (Å²) in [5.74, 6) is -2.09. The van der Waals surface area contributed by atoms with Gasteiger partial charge in [0.2, 0.25) is 0 Å². The Morgan fingerprint density at radius 2 is 1.75 bits per heavy atom. The number of aliphatic carboxylic acids is 1. The molecule has 0 aromatic rings. The van der Waals surface area contributed by atoms with E-state index in [0.29, 0.717) is 0 Å². The van der Waals surface area contributed by atoms with Crippen molar-refractivity contribution < 1.29 is 29.7 Å². The molecule has 0 amide bonds. The van der Waals surface area contributed by atoms with E-state index in [4.69, 9.17) is 5.11 Å².